The van der Waals surface area contributed by atoms with Crippen molar-refractivity contribution in [3.05, 3.63) is 0 Å². The number of hydrogen-bond donors (Lipinski definition) is 1. The van der Waals surface area contributed by atoms with Crippen LogP contribution in [0.5, 0.6) is 0 Å². The van der Waals surface area contributed by atoms with Gasteiger partial charge < -0.3 is 10.1 Å². The third-order valence-corrected chi connectivity index (χ3v) is 2.67. The molecule has 0 aliphatic heterocycles. The van der Waals surface area contributed by atoms with E-state index in [1.807, 2.05) is 0 Å². The molecule has 0 spiro atoms. The van der Waals surface area contributed by atoms with Crippen LogP contribution in [0.3, 0.4) is 0 Å². The summed E-state index contributed by atoms with van der Waals surface area (Å²) in [5, 5.41) is 2.59. The molecule has 100 valence electrons. The summed E-state index contributed by atoms with van der Waals surface area (Å²) in [6.45, 7) is 3.58. The fourth-order valence-electron chi connectivity index (χ4n) is 1.73. The minimum atomic E-state index is -0.230. The van der Waals surface area contributed by atoms with E-state index in [1.165, 1.54) is 6.92 Å². The number of carbonyl (C=O) groups is 2. The van der Waals surface area contributed by atoms with Crippen molar-refractivity contribution in [1.82, 2.24) is 5.32 Å². The maximum Gasteiger partial charge on any atom is 0.302 e. The van der Waals surface area contributed by atoms with E-state index in [1.54, 1.807) is 7.05 Å². The van der Waals surface area contributed by atoms with E-state index in [0.717, 1.165) is 38.5 Å². The van der Waals surface area contributed by atoms with Crippen LogP contribution in [0.2, 0.25) is 0 Å². The van der Waals surface area contributed by atoms with E-state index in [4.69, 9.17) is 4.74 Å². The van der Waals surface area contributed by atoms with E-state index < -0.39 is 0 Å². The van der Waals surface area contributed by atoms with Crippen LogP contribution in [-0.2, 0) is 14.3 Å². The van der Waals surface area contributed by atoms with Gasteiger partial charge in [-0.3, -0.25) is 9.59 Å². The highest BCUT2D eigenvalue weighted by molar-refractivity contribution is 5.75. The van der Waals surface area contributed by atoms with Gasteiger partial charge in [0.1, 0.15) is 6.10 Å². The number of nitrogens with one attached hydrogen (secondary N) is 1. The Balaban J connectivity index is 3.83. The van der Waals surface area contributed by atoms with Gasteiger partial charge in [-0.05, 0) is 25.7 Å². The predicted octanol–water partition coefficient (Wildman–Crippen LogP) is 2.41. The first-order valence-corrected chi connectivity index (χ1v) is 6.48. The molecular weight excluding hydrogens is 218 g/mol. The van der Waals surface area contributed by atoms with Gasteiger partial charge in [-0.25, -0.2) is 0 Å². The second-order valence-electron chi connectivity index (χ2n) is 4.29. The third kappa shape index (κ3) is 9.85. The van der Waals surface area contributed by atoms with Gasteiger partial charge in [0.25, 0.3) is 0 Å². The zero-order valence-corrected chi connectivity index (χ0v) is 11.3. The molecule has 4 nitrogen and oxygen atoms in total. The van der Waals surface area contributed by atoms with Crippen molar-refractivity contribution in [2.45, 2.75) is 64.9 Å². The Labute approximate surface area is 104 Å². The molecule has 0 saturated heterocycles. The standard InChI is InChI=1S/C13H25NO3/c1-4-5-6-8-12(17-11(2)15)9-7-10-13(16)14-3/h12H,4-10H2,1-3H3,(H,14,16). The summed E-state index contributed by atoms with van der Waals surface area (Å²) in [6, 6.07) is 0. The molecule has 1 unspecified atom stereocenters. The third-order valence-electron chi connectivity index (χ3n) is 2.67. The van der Waals surface area contributed by atoms with Crippen LogP contribution in [0, 0.1) is 0 Å². The second kappa shape index (κ2) is 10.1. The lowest BCUT2D eigenvalue weighted by Gasteiger charge is -2.16. The second-order valence-corrected chi connectivity index (χ2v) is 4.29. The van der Waals surface area contributed by atoms with Crippen molar-refractivity contribution in [3.63, 3.8) is 0 Å². The maximum absolute atomic E-state index is 11.1. The van der Waals surface area contributed by atoms with Gasteiger partial charge in [0.05, 0.1) is 0 Å². The first-order chi connectivity index (χ1) is 8.10. The van der Waals surface area contributed by atoms with Crippen LogP contribution in [0.4, 0.5) is 0 Å². The molecule has 4 heteroatoms. The molecule has 17 heavy (non-hydrogen) atoms. The van der Waals surface area contributed by atoms with Crippen molar-refractivity contribution < 1.29 is 14.3 Å². The molecule has 0 aromatic carbocycles. The molecule has 0 bridgehead atoms. The lowest BCUT2D eigenvalue weighted by molar-refractivity contribution is -0.147. The Morgan fingerprint density at radius 3 is 2.35 bits per heavy atom. The highest BCUT2D eigenvalue weighted by atomic mass is 16.5. The molecule has 0 heterocycles. The summed E-state index contributed by atoms with van der Waals surface area (Å²) in [7, 11) is 1.63. The lowest BCUT2D eigenvalue weighted by Crippen LogP contribution is -2.20. The number of carbonyl (C=O) groups excluding carboxylic acids is 2. The van der Waals surface area contributed by atoms with Gasteiger partial charge in [-0.15, -0.1) is 0 Å². The molecule has 1 amide bonds. The number of unbranched alkanes of at least 4 members (excludes halogenated alkanes) is 2. The van der Waals surface area contributed by atoms with Crippen molar-refractivity contribution in [3.8, 4) is 0 Å². The van der Waals surface area contributed by atoms with Crippen molar-refractivity contribution >= 4 is 11.9 Å². The van der Waals surface area contributed by atoms with Crippen LogP contribution in [-0.4, -0.2) is 25.0 Å². The Morgan fingerprint density at radius 2 is 1.82 bits per heavy atom. The van der Waals surface area contributed by atoms with Crippen LogP contribution in [0.25, 0.3) is 0 Å². The zero-order chi connectivity index (χ0) is 13.1. The van der Waals surface area contributed by atoms with Crippen molar-refractivity contribution in [1.29, 1.82) is 0 Å². The van der Waals surface area contributed by atoms with E-state index >= 15 is 0 Å². The maximum atomic E-state index is 11.1. The highest BCUT2D eigenvalue weighted by Gasteiger charge is 2.12. The minimum Gasteiger partial charge on any atom is -0.463 e. The van der Waals surface area contributed by atoms with Gasteiger partial charge in [0, 0.05) is 20.4 Å². The summed E-state index contributed by atoms with van der Waals surface area (Å²) in [6.07, 6.45) is 6.32. The number of rotatable bonds is 9. The summed E-state index contributed by atoms with van der Waals surface area (Å²) < 4.78 is 5.24. The van der Waals surface area contributed by atoms with Crippen LogP contribution in [0.1, 0.15) is 58.8 Å². The van der Waals surface area contributed by atoms with Gasteiger partial charge in [0.15, 0.2) is 0 Å². The van der Waals surface area contributed by atoms with Crippen LogP contribution < -0.4 is 5.32 Å². The predicted molar refractivity (Wildman–Crippen MR) is 67.6 cm³/mol. The van der Waals surface area contributed by atoms with Gasteiger partial charge in [0.2, 0.25) is 5.91 Å². The Morgan fingerprint density at radius 1 is 1.18 bits per heavy atom. The molecular formula is C13H25NO3. The molecule has 0 fully saturated rings. The van der Waals surface area contributed by atoms with Crippen LogP contribution in [0.15, 0.2) is 0 Å². The first kappa shape index (κ1) is 15.9. The van der Waals surface area contributed by atoms with E-state index in [0.29, 0.717) is 6.42 Å². The van der Waals surface area contributed by atoms with E-state index in [9.17, 15) is 9.59 Å². The van der Waals surface area contributed by atoms with E-state index in [-0.39, 0.29) is 18.0 Å². The molecule has 0 aliphatic carbocycles. The number of esters is 1. The molecule has 1 N–H and O–H groups in total. The average Bonchev–Trinajstić information content (AvgIpc) is 2.28. The minimum absolute atomic E-state index is 0.0243. The normalized spacial score (nSPS) is 11.9. The monoisotopic (exact) mass is 243 g/mol. The molecule has 0 radical (unpaired) electrons. The molecule has 1 atom stereocenters. The fourth-order valence-corrected chi connectivity index (χ4v) is 1.73. The van der Waals surface area contributed by atoms with Crippen LogP contribution >= 0.6 is 0 Å². The number of ether oxygens (including phenoxy) is 1. The summed E-state index contributed by atoms with van der Waals surface area (Å²) >= 11 is 0. The first-order valence-electron chi connectivity index (χ1n) is 6.48. The smallest absolute Gasteiger partial charge is 0.302 e. The summed E-state index contributed by atoms with van der Waals surface area (Å²) in [5.41, 5.74) is 0. The number of amides is 1. The van der Waals surface area contributed by atoms with Gasteiger partial charge >= 0.3 is 5.97 Å². The fraction of sp³-hybridized carbons (Fsp3) is 0.846. The average molecular weight is 243 g/mol. The Hall–Kier alpha value is -1.06. The largest absolute Gasteiger partial charge is 0.463 e. The van der Waals surface area contributed by atoms with Gasteiger partial charge in [-0.2, -0.15) is 0 Å². The molecule has 0 aromatic heterocycles. The highest BCUT2D eigenvalue weighted by Crippen LogP contribution is 2.13. The SMILES string of the molecule is CCCCCC(CCCC(=O)NC)OC(C)=O. The zero-order valence-electron chi connectivity index (χ0n) is 11.3. The molecule has 0 aliphatic rings. The quantitative estimate of drug-likeness (QED) is 0.500. The topological polar surface area (TPSA) is 55.4 Å². The molecule has 0 saturated carbocycles. The van der Waals surface area contributed by atoms with Gasteiger partial charge in [-0.1, -0.05) is 19.8 Å². The van der Waals surface area contributed by atoms with Crippen molar-refractivity contribution in [2.75, 3.05) is 7.05 Å². The number of hydrogen-bond acceptors (Lipinski definition) is 3. The Kier molecular flexibility index (Phi) is 9.49. The molecule has 0 rings (SSSR count). The Bertz CT molecular complexity index is 229. The summed E-state index contributed by atoms with van der Waals surface area (Å²) in [5.74, 6) is -0.188. The molecule has 0 aromatic rings. The van der Waals surface area contributed by atoms with E-state index in [2.05, 4.69) is 12.2 Å². The summed E-state index contributed by atoms with van der Waals surface area (Å²) in [4.78, 5) is 22.0. The lowest BCUT2D eigenvalue weighted by atomic mass is 10.0. The van der Waals surface area contributed by atoms with Crippen molar-refractivity contribution in [2.24, 2.45) is 0 Å².